The Bertz CT molecular complexity index is 816. The first-order chi connectivity index (χ1) is 11.5. The molecule has 1 aliphatic heterocycles. The highest BCUT2D eigenvalue weighted by Gasteiger charge is 2.36. The first-order valence-corrected chi connectivity index (χ1v) is 8.14. The number of pyridine rings is 1. The molecule has 3 amide bonds. The molecule has 0 saturated heterocycles. The van der Waals surface area contributed by atoms with E-state index < -0.39 is 11.8 Å². The summed E-state index contributed by atoms with van der Waals surface area (Å²) in [5.41, 5.74) is 2.05. The second-order valence-corrected chi connectivity index (χ2v) is 6.33. The lowest BCUT2D eigenvalue weighted by atomic mass is 10.2. The van der Waals surface area contributed by atoms with Gasteiger partial charge >= 0.3 is 0 Å². The minimum Gasteiger partial charge on any atom is -0.326 e. The van der Waals surface area contributed by atoms with E-state index in [-0.39, 0.29) is 30.1 Å². The molecule has 1 aromatic heterocycles. The zero-order valence-corrected chi connectivity index (χ0v) is 14.5. The van der Waals surface area contributed by atoms with E-state index in [1.807, 2.05) is 19.1 Å². The largest absolute Gasteiger partial charge is 0.326 e. The molecule has 7 heteroatoms. The van der Waals surface area contributed by atoms with Gasteiger partial charge < -0.3 is 5.32 Å². The van der Waals surface area contributed by atoms with E-state index in [1.165, 1.54) is 6.20 Å². The van der Waals surface area contributed by atoms with Crippen molar-refractivity contribution in [3.8, 4) is 0 Å². The summed E-state index contributed by atoms with van der Waals surface area (Å²) in [7, 11) is 0. The lowest BCUT2D eigenvalue weighted by Crippen LogP contribution is -2.33. The van der Waals surface area contributed by atoms with Crippen LogP contribution in [0.3, 0.4) is 0 Å². The van der Waals surface area contributed by atoms with E-state index in [1.54, 1.807) is 18.2 Å². The SMILES string of the molecule is Cc1cc(Br)ccc1NC(=O)CCN1C(=O)c2cccnc2C1=O. The Morgan fingerprint density at radius 3 is 2.75 bits per heavy atom. The van der Waals surface area contributed by atoms with Crippen molar-refractivity contribution in [3.63, 3.8) is 0 Å². The number of carbonyl (C=O) groups is 3. The van der Waals surface area contributed by atoms with Crippen LogP contribution in [0.25, 0.3) is 0 Å². The third-order valence-corrected chi connectivity index (χ3v) is 4.25. The molecule has 1 aliphatic rings. The van der Waals surface area contributed by atoms with Gasteiger partial charge in [-0.1, -0.05) is 15.9 Å². The van der Waals surface area contributed by atoms with E-state index in [2.05, 4.69) is 26.2 Å². The number of imide groups is 1. The molecule has 0 aliphatic carbocycles. The van der Waals surface area contributed by atoms with Crippen LogP contribution >= 0.6 is 15.9 Å². The van der Waals surface area contributed by atoms with Crippen molar-refractivity contribution in [3.05, 3.63) is 57.8 Å². The fourth-order valence-corrected chi connectivity index (χ4v) is 2.99. The molecule has 0 spiro atoms. The number of carbonyl (C=O) groups excluding carboxylic acids is 3. The summed E-state index contributed by atoms with van der Waals surface area (Å²) in [6, 6.07) is 8.69. The third kappa shape index (κ3) is 3.07. The maximum Gasteiger partial charge on any atom is 0.280 e. The molecule has 2 heterocycles. The summed E-state index contributed by atoms with van der Waals surface area (Å²) >= 11 is 3.37. The number of nitrogens with one attached hydrogen (secondary N) is 1. The molecule has 0 bridgehead atoms. The normalized spacial score (nSPS) is 13.2. The Morgan fingerprint density at radius 1 is 1.25 bits per heavy atom. The van der Waals surface area contributed by atoms with Gasteiger partial charge in [0.2, 0.25) is 5.91 Å². The van der Waals surface area contributed by atoms with Gasteiger partial charge in [-0.2, -0.15) is 0 Å². The molecule has 122 valence electrons. The summed E-state index contributed by atoms with van der Waals surface area (Å²) in [5.74, 6) is -1.12. The highest BCUT2D eigenvalue weighted by Crippen LogP contribution is 2.22. The van der Waals surface area contributed by atoms with Crippen molar-refractivity contribution < 1.29 is 14.4 Å². The van der Waals surface area contributed by atoms with Crippen LogP contribution in [0.15, 0.2) is 41.0 Å². The monoisotopic (exact) mass is 387 g/mol. The van der Waals surface area contributed by atoms with Crippen LogP contribution in [-0.2, 0) is 4.79 Å². The summed E-state index contributed by atoms with van der Waals surface area (Å²) in [6.45, 7) is 1.91. The van der Waals surface area contributed by atoms with Crippen molar-refractivity contribution in [2.24, 2.45) is 0 Å². The Kier molecular flexibility index (Phi) is 4.44. The third-order valence-electron chi connectivity index (χ3n) is 3.76. The second-order valence-electron chi connectivity index (χ2n) is 5.42. The summed E-state index contributed by atoms with van der Waals surface area (Å²) in [6.07, 6.45) is 1.50. The first-order valence-electron chi connectivity index (χ1n) is 7.34. The summed E-state index contributed by atoms with van der Waals surface area (Å²) in [5, 5.41) is 2.79. The van der Waals surface area contributed by atoms with Crippen LogP contribution in [0.1, 0.15) is 32.8 Å². The van der Waals surface area contributed by atoms with Gasteiger partial charge in [0.15, 0.2) is 0 Å². The molecule has 24 heavy (non-hydrogen) atoms. The molecular formula is C17H14BrN3O3. The van der Waals surface area contributed by atoms with E-state index in [0.29, 0.717) is 5.69 Å². The van der Waals surface area contributed by atoms with Crippen LogP contribution in [-0.4, -0.2) is 34.2 Å². The molecule has 0 atom stereocenters. The maximum absolute atomic E-state index is 12.2. The molecule has 1 N–H and O–H groups in total. The number of rotatable bonds is 4. The van der Waals surface area contributed by atoms with Crippen molar-refractivity contribution >= 4 is 39.3 Å². The minimum atomic E-state index is -0.455. The number of fused-ring (bicyclic) bond motifs is 1. The van der Waals surface area contributed by atoms with Crippen molar-refractivity contribution in [2.75, 3.05) is 11.9 Å². The molecule has 0 fully saturated rings. The fraction of sp³-hybridized carbons (Fsp3) is 0.176. The van der Waals surface area contributed by atoms with Gasteiger partial charge in [0.1, 0.15) is 5.69 Å². The molecule has 1 aromatic carbocycles. The number of aryl methyl sites for hydroxylation is 1. The van der Waals surface area contributed by atoms with Crippen molar-refractivity contribution in [1.82, 2.24) is 9.88 Å². The molecule has 6 nitrogen and oxygen atoms in total. The molecule has 2 aromatic rings. The number of aromatic nitrogens is 1. The average Bonchev–Trinajstić information content (AvgIpc) is 2.80. The molecule has 0 unspecified atom stereocenters. The van der Waals surface area contributed by atoms with Gasteiger partial charge in [0.05, 0.1) is 5.56 Å². The van der Waals surface area contributed by atoms with E-state index in [0.717, 1.165) is 14.9 Å². The smallest absolute Gasteiger partial charge is 0.280 e. The molecule has 3 rings (SSSR count). The lowest BCUT2D eigenvalue weighted by molar-refractivity contribution is -0.116. The van der Waals surface area contributed by atoms with Crippen molar-refractivity contribution in [2.45, 2.75) is 13.3 Å². The van der Waals surface area contributed by atoms with Gasteiger partial charge in [-0.25, -0.2) is 0 Å². The predicted octanol–water partition coefficient (Wildman–Crippen LogP) is 2.78. The van der Waals surface area contributed by atoms with Crippen LogP contribution in [0.4, 0.5) is 5.69 Å². The van der Waals surface area contributed by atoms with Gasteiger partial charge in [-0.15, -0.1) is 0 Å². The van der Waals surface area contributed by atoms with E-state index in [4.69, 9.17) is 0 Å². The number of benzene rings is 1. The number of nitrogens with zero attached hydrogens (tertiary/aromatic N) is 2. The molecular weight excluding hydrogens is 374 g/mol. The Labute approximate surface area is 147 Å². The number of halogens is 1. The first kappa shape index (κ1) is 16.3. The Balaban J connectivity index is 1.63. The molecule has 0 radical (unpaired) electrons. The van der Waals surface area contributed by atoms with Gasteiger partial charge in [-0.3, -0.25) is 24.3 Å². The predicted molar refractivity (Wildman–Crippen MR) is 91.7 cm³/mol. The minimum absolute atomic E-state index is 0.0232. The van der Waals surface area contributed by atoms with Gasteiger partial charge in [0, 0.05) is 29.3 Å². The zero-order chi connectivity index (χ0) is 17.3. The van der Waals surface area contributed by atoms with Crippen molar-refractivity contribution in [1.29, 1.82) is 0 Å². The van der Waals surface area contributed by atoms with Crippen LogP contribution in [0, 0.1) is 6.92 Å². The Hall–Kier alpha value is -2.54. The number of hydrogen-bond donors (Lipinski definition) is 1. The number of hydrogen-bond acceptors (Lipinski definition) is 4. The van der Waals surface area contributed by atoms with Gasteiger partial charge in [-0.05, 0) is 42.8 Å². The van der Waals surface area contributed by atoms with Gasteiger partial charge in [0.25, 0.3) is 11.8 Å². The average molecular weight is 388 g/mol. The number of anilines is 1. The highest BCUT2D eigenvalue weighted by molar-refractivity contribution is 9.10. The summed E-state index contributed by atoms with van der Waals surface area (Å²) < 4.78 is 0.927. The standard InChI is InChI=1S/C17H14BrN3O3/c1-10-9-11(18)4-5-13(10)20-14(22)6-8-21-16(23)12-3-2-7-19-15(12)17(21)24/h2-5,7,9H,6,8H2,1H3,(H,20,22). The quantitative estimate of drug-likeness (QED) is 0.817. The number of amides is 3. The lowest BCUT2D eigenvalue weighted by Gasteiger charge is -2.14. The van der Waals surface area contributed by atoms with Crippen LogP contribution in [0.5, 0.6) is 0 Å². The van der Waals surface area contributed by atoms with E-state index in [9.17, 15) is 14.4 Å². The maximum atomic E-state index is 12.2. The second kappa shape index (κ2) is 6.52. The summed E-state index contributed by atoms with van der Waals surface area (Å²) in [4.78, 5) is 41.5. The Morgan fingerprint density at radius 2 is 2.04 bits per heavy atom. The van der Waals surface area contributed by atoms with Crippen LogP contribution in [0.2, 0.25) is 0 Å². The topological polar surface area (TPSA) is 79.4 Å². The fourth-order valence-electron chi connectivity index (χ4n) is 2.51. The molecule has 0 saturated carbocycles. The zero-order valence-electron chi connectivity index (χ0n) is 12.9. The highest BCUT2D eigenvalue weighted by atomic mass is 79.9. The van der Waals surface area contributed by atoms with Crippen LogP contribution < -0.4 is 5.32 Å². The van der Waals surface area contributed by atoms with E-state index >= 15 is 0 Å².